The Hall–Kier alpha value is -6.98. The lowest BCUT2D eigenvalue weighted by atomic mass is 9.33. The molecule has 400 valence electrons. The maximum Gasteiger partial charge on any atom is 0.252 e. The van der Waals surface area contributed by atoms with Gasteiger partial charge >= 0.3 is 0 Å². The van der Waals surface area contributed by atoms with Crippen molar-refractivity contribution in [3.8, 4) is 0 Å². The number of benzene rings is 8. The van der Waals surface area contributed by atoms with Crippen LogP contribution in [0.1, 0.15) is 171 Å². The number of rotatable bonds is 5. The minimum Gasteiger partial charge on any atom is -0.456 e. The predicted octanol–water partition coefficient (Wildman–Crippen LogP) is 19.0. The summed E-state index contributed by atoms with van der Waals surface area (Å²) >= 11 is 0. The van der Waals surface area contributed by atoms with Crippen molar-refractivity contribution in [2.45, 2.75) is 169 Å². The van der Waals surface area contributed by atoms with Crippen LogP contribution < -0.4 is 31.1 Å². The molecule has 0 bridgehead atoms. The zero-order valence-electron chi connectivity index (χ0n) is 52.5. The van der Waals surface area contributed by atoms with E-state index in [-0.39, 0.29) is 39.2 Å². The first-order valence-corrected chi connectivity index (χ1v) is 29.1. The maximum absolute atomic E-state index is 9.38. The molecule has 2 aliphatic heterocycles. The van der Waals surface area contributed by atoms with Gasteiger partial charge in [-0.1, -0.05) is 158 Å². The van der Waals surface area contributed by atoms with Gasteiger partial charge in [-0.05, 0) is 212 Å². The van der Waals surface area contributed by atoms with E-state index in [9.17, 15) is 4.11 Å². The van der Waals surface area contributed by atoms with Gasteiger partial charge < -0.3 is 19.1 Å². The molecule has 79 heavy (non-hydrogen) atoms. The zero-order chi connectivity index (χ0) is 58.2. The van der Waals surface area contributed by atoms with Crippen LogP contribution in [0.15, 0.2) is 150 Å². The molecule has 0 atom stereocenters. The Kier molecular flexibility index (Phi) is 10.5. The Morgan fingerprint density at radius 1 is 0.468 bits per heavy atom. The summed E-state index contributed by atoms with van der Waals surface area (Å²) in [5.41, 5.74) is 23.4. The number of hydrogen-bond acceptors (Lipinski definition) is 4. The fourth-order valence-electron chi connectivity index (χ4n) is 14.2. The molecule has 0 spiro atoms. The van der Waals surface area contributed by atoms with Crippen molar-refractivity contribution >= 4 is 96.2 Å². The molecule has 9 aromatic rings. The molecule has 0 unspecified atom stereocenters. The SMILES string of the molecule is [2H]C([2H])([2H])c1cc2c3c(c1)N(c1cc4c(cc1C)C(C)(C)CCC4(C)C)c1cc4c(cc1B3c1ccc(N(c3ccc(C(C)(C)C)cc3)c3ccc(C(C)(C)C)cc3)cc1N2c1ccc2c(c1)oc1ccccc12)C(C)(C)CCC4(C)C. The highest BCUT2D eigenvalue weighted by Crippen LogP contribution is 2.54. The molecule has 5 heteroatoms. The summed E-state index contributed by atoms with van der Waals surface area (Å²) in [6.07, 6.45) is 4.36. The molecule has 13 rings (SSSR count). The lowest BCUT2D eigenvalue weighted by molar-refractivity contribution is 0.331. The summed E-state index contributed by atoms with van der Waals surface area (Å²) in [6.45, 7) is 32.5. The van der Waals surface area contributed by atoms with E-state index in [0.29, 0.717) is 5.56 Å². The number of fused-ring (bicyclic) bond motifs is 9. The van der Waals surface area contributed by atoms with Gasteiger partial charge in [-0.25, -0.2) is 0 Å². The van der Waals surface area contributed by atoms with Crippen LogP contribution in [-0.4, -0.2) is 6.71 Å². The van der Waals surface area contributed by atoms with Crippen molar-refractivity contribution in [2.24, 2.45) is 0 Å². The van der Waals surface area contributed by atoms with Crippen molar-refractivity contribution in [3.63, 3.8) is 0 Å². The number of anilines is 9. The second-order valence-corrected chi connectivity index (χ2v) is 28.7. The van der Waals surface area contributed by atoms with E-state index >= 15 is 0 Å². The zero-order valence-corrected chi connectivity index (χ0v) is 49.5. The lowest BCUT2D eigenvalue weighted by Crippen LogP contribution is -2.62. The highest BCUT2D eigenvalue weighted by molar-refractivity contribution is 7.00. The summed E-state index contributed by atoms with van der Waals surface area (Å²) in [6, 6.07) is 54.1. The van der Waals surface area contributed by atoms with E-state index in [1.807, 2.05) is 24.3 Å². The standard InChI is InChI=1S/C74H80BN3O/c1-45-37-64-68-65(38-45)78(61-43-57-55(39-46(61)2)71(9,10)33-35-73(57,13)14)63-44-58-56(72(11,12)34-36-74(58,15)16)42-60(63)75(68)59-32-30-51(40-62(59)77(64)52-29-31-54-53-19-17-18-20-66(53)79-67(54)41-52)76(49-25-21-47(22-26-49)69(3,4)5)50-27-23-48(24-28-50)70(6,7)8/h17-32,37-44H,33-36H2,1-16H3/i1D3. The van der Waals surface area contributed by atoms with Gasteiger partial charge in [-0.3, -0.25) is 0 Å². The van der Waals surface area contributed by atoms with Crippen LogP contribution in [0.2, 0.25) is 0 Å². The third-order valence-electron chi connectivity index (χ3n) is 19.3. The van der Waals surface area contributed by atoms with Crippen LogP contribution in [-0.2, 0) is 32.5 Å². The topological polar surface area (TPSA) is 22.9 Å². The van der Waals surface area contributed by atoms with Crippen LogP contribution >= 0.6 is 0 Å². The van der Waals surface area contributed by atoms with Gasteiger partial charge in [0, 0.05) is 72.1 Å². The molecule has 2 aliphatic carbocycles. The maximum atomic E-state index is 9.38. The van der Waals surface area contributed by atoms with E-state index in [2.05, 4.69) is 240 Å². The summed E-state index contributed by atoms with van der Waals surface area (Å²) in [4.78, 5) is 7.24. The molecule has 4 nitrogen and oxygen atoms in total. The van der Waals surface area contributed by atoms with Crippen LogP contribution in [0.4, 0.5) is 51.2 Å². The molecular formula is C74H80BN3O. The molecule has 0 saturated heterocycles. The first-order valence-electron chi connectivity index (χ1n) is 30.6. The average molecular weight is 1040 g/mol. The van der Waals surface area contributed by atoms with E-state index in [0.717, 1.165) is 110 Å². The quantitative estimate of drug-likeness (QED) is 0.160. The minimum atomic E-state index is -2.43. The van der Waals surface area contributed by atoms with Crippen LogP contribution in [0.25, 0.3) is 21.9 Å². The predicted molar refractivity (Wildman–Crippen MR) is 340 cm³/mol. The van der Waals surface area contributed by atoms with E-state index < -0.39 is 6.85 Å². The Morgan fingerprint density at radius 2 is 0.962 bits per heavy atom. The molecule has 4 aliphatic rings. The highest BCUT2D eigenvalue weighted by Gasteiger charge is 2.48. The molecule has 0 N–H and O–H groups in total. The van der Waals surface area contributed by atoms with Gasteiger partial charge in [0.2, 0.25) is 0 Å². The second kappa shape index (κ2) is 17.3. The molecular weight excluding hydrogens is 958 g/mol. The van der Waals surface area contributed by atoms with Crippen LogP contribution in [0.3, 0.4) is 0 Å². The number of furan rings is 1. The Labute approximate surface area is 476 Å². The molecule has 0 radical (unpaired) electrons. The lowest BCUT2D eigenvalue weighted by Gasteiger charge is -2.48. The molecule has 3 heterocycles. The molecule has 0 fully saturated rings. The monoisotopic (exact) mass is 1040 g/mol. The Balaban J connectivity index is 1.14. The van der Waals surface area contributed by atoms with Gasteiger partial charge in [0.25, 0.3) is 6.71 Å². The average Bonchev–Trinajstić information content (AvgIpc) is 1.13. The van der Waals surface area contributed by atoms with Crippen molar-refractivity contribution < 1.29 is 8.53 Å². The Bertz CT molecular complexity index is 4030. The first-order chi connectivity index (χ1) is 38.4. The fraction of sp³-hybridized carbons (Fsp3) is 0.351. The number of hydrogen-bond donors (Lipinski definition) is 0. The third-order valence-corrected chi connectivity index (χ3v) is 19.3. The normalized spacial score (nSPS) is 18.2. The molecule has 1 aromatic heterocycles. The highest BCUT2D eigenvalue weighted by atomic mass is 16.3. The smallest absolute Gasteiger partial charge is 0.252 e. The largest absolute Gasteiger partial charge is 0.456 e. The Morgan fingerprint density at radius 3 is 1.53 bits per heavy atom. The van der Waals surface area contributed by atoms with E-state index in [1.54, 1.807) is 0 Å². The van der Waals surface area contributed by atoms with Gasteiger partial charge in [0.1, 0.15) is 11.2 Å². The number of nitrogens with zero attached hydrogens (tertiary/aromatic N) is 3. The molecule has 0 amide bonds. The van der Waals surface area contributed by atoms with Gasteiger partial charge in [-0.15, -0.1) is 0 Å². The second-order valence-electron chi connectivity index (χ2n) is 28.7. The van der Waals surface area contributed by atoms with E-state index in [1.165, 1.54) is 44.4 Å². The summed E-state index contributed by atoms with van der Waals surface area (Å²) < 4.78 is 34.9. The van der Waals surface area contributed by atoms with E-state index in [4.69, 9.17) is 4.42 Å². The summed E-state index contributed by atoms with van der Waals surface area (Å²) in [7, 11) is 0. The summed E-state index contributed by atoms with van der Waals surface area (Å²) in [5.74, 6) is 0. The first kappa shape index (κ1) is 48.0. The molecule has 8 aromatic carbocycles. The summed E-state index contributed by atoms with van der Waals surface area (Å²) in [5, 5.41) is 2.10. The van der Waals surface area contributed by atoms with Crippen molar-refractivity contribution in [2.75, 3.05) is 14.7 Å². The van der Waals surface area contributed by atoms with Gasteiger partial charge in [0.05, 0.1) is 0 Å². The van der Waals surface area contributed by atoms with Crippen LogP contribution in [0, 0.1) is 13.8 Å². The third kappa shape index (κ3) is 8.13. The minimum absolute atomic E-state index is 0.0133. The fourth-order valence-corrected chi connectivity index (χ4v) is 14.2. The molecule has 0 saturated carbocycles. The van der Waals surface area contributed by atoms with Crippen molar-refractivity contribution in [1.29, 1.82) is 0 Å². The van der Waals surface area contributed by atoms with Crippen LogP contribution in [0.5, 0.6) is 0 Å². The number of para-hydroxylation sites is 1. The van der Waals surface area contributed by atoms with Crippen molar-refractivity contribution in [1.82, 2.24) is 0 Å². The van der Waals surface area contributed by atoms with Gasteiger partial charge in [0.15, 0.2) is 0 Å². The van der Waals surface area contributed by atoms with Gasteiger partial charge in [-0.2, -0.15) is 0 Å². The number of aryl methyl sites for hydroxylation is 2. The van der Waals surface area contributed by atoms with Crippen molar-refractivity contribution in [3.05, 3.63) is 190 Å².